The summed E-state index contributed by atoms with van der Waals surface area (Å²) in [5, 5.41) is 7.75. The molecule has 0 aromatic rings. The molecule has 0 aliphatic carbocycles. The van der Waals surface area contributed by atoms with Crippen LogP contribution < -0.4 is 5.73 Å². The number of aliphatic hydroxyl groups excluding tert-OH is 1. The molecule has 0 saturated heterocycles. The van der Waals surface area contributed by atoms with Gasteiger partial charge >= 0.3 is 0 Å². The maximum Gasteiger partial charge on any atom is 0.106 e. The molecule has 0 saturated carbocycles. The van der Waals surface area contributed by atoms with E-state index in [0.29, 0.717) is 6.54 Å². The van der Waals surface area contributed by atoms with Crippen molar-refractivity contribution in [3.63, 3.8) is 0 Å². The van der Waals surface area contributed by atoms with Crippen molar-refractivity contribution in [2.45, 2.75) is 0 Å². The van der Waals surface area contributed by atoms with Gasteiger partial charge in [-0.15, -0.1) is 0 Å². The fourth-order valence-electron chi connectivity index (χ4n) is 0. The molecule has 0 atom stereocenters. The summed E-state index contributed by atoms with van der Waals surface area (Å²) in [6.07, 6.45) is 0. The van der Waals surface area contributed by atoms with Crippen LogP contribution in [0.25, 0.3) is 0 Å². The van der Waals surface area contributed by atoms with Crippen molar-refractivity contribution >= 4 is 6.79 Å². The van der Waals surface area contributed by atoms with Gasteiger partial charge in [-0.3, -0.25) is 0 Å². The van der Waals surface area contributed by atoms with E-state index in [4.69, 9.17) is 15.6 Å². The Morgan fingerprint density at radius 1 is 1.67 bits per heavy atom. The highest BCUT2D eigenvalue weighted by Crippen LogP contribution is 1.33. The molecule has 3 heteroatoms. The quantitative estimate of drug-likeness (QED) is 0.424. The Kier molecular flexibility index (Phi) is 35.6. The molecule has 0 unspecified atom stereocenters. The molecule has 0 bridgehead atoms. The number of rotatable bonds is 1. The minimum absolute atomic E-state index is 0.0972. The van der Waals surface area contributed by atoms with Gasteiger partial charge in [0.15, 0.2) is 0 Å². The van der Waals surface area contributed by atoms with Crippen LogP contribution >= 0.6 is 0 Å². The Labute approximate surface area is 36.8 Å². The topological polar surface area (TPSA) is 63.3 Å². The summed E-state index contributed by atoms with van der Waals surface area (Å²) in [5.74, 6) is 0. The number of nitrogens with two attached hydrogens (primary N) is 1. The Bertz CT molecular complexity index is 16.3. The standard InChI is InChI=1S/C2H7NO.CH2O/c3-1-2-4;1-2/h4H,1-3H2;1H2. The van der Waals surface area contributed by atoms with Crippen molar-refractivity contribution in [2.75, 3.05) is 13.2 Å². The van der Waals surface area contributed by atoms with Crippen molar-refractivity contribution in [1.29, 1.82) is 0 Å². The van der Waals surface area contributed by atoms with Gasteiger partial charge in [0.25, 0.3) is 0 Å². The van der Waals surface area contributed by atoms with E-state index >= 15 is 0 Å². The van der Waals surface area contributed by atoms with Crippen LogP contribution in [-0.2, 0) is 4.79 Å². The van der Waals surface area contributed by atoms with Gasteiger partial charge in [-0.05, 0) is 0 Å². The zero-order valence-electron chi connectivity index (χ0n) is 3.55. The maximum atomic E-state index is 8.00. The van der Waals surface area contributed by atoms with Gasteiger partial charge in [-0.25, -0.2) is 0 Å². The highest BCUT2D eigenvalue weighted by molar-refractivity contribution is 5.10. The lowest BCUT2D eigenvalue weighted by Crippen LogP contribution is -2.02. The van der Waals surface area contributed by atoms with Gasteiger partial charge in [0, 0.05) is 6.54 Å². The monoisotopic (exact) mass is 91.1 g/mol. The molecule has 0 amide bonds. The van der Waals surface area contributed by atoms with Crippen LogP contribution in [0.4, 0.5) is 0 Å². The Hall–Kier alpha value is -0.410. The van der Waals surface area contributed by atoms with E-state index in [-0.39, 0.29) is 6.61 Å². The minimum atomic E-state index is 0.0972. The molecule has 0 aromatic carbocycles. The third-order valence-electron chi connectivity index (χ3n) is 0.129. The van der Waals surface area contributed by atoms with E-state index in [0.717, 1.165) is 0 Å². The first-order valence-electron chi connectivity index (χ1n) is 1.51. The van der Waals surface area contributed by atoms with Crippen LogP contribution in [0.5, 0.6) is 0 Å². The number of aliphatic hydroxyl groups is 1. The maximum absolute atomic E-state index is 8.00. The number of hydrogen-bond acceptors (Lipinski definition) is 3. The van der Waals surface area contributed by atoms with E-state index in [1.54, 1.807) is 0 Å². The summed E-state index contributed by atoms with van der Waals surface area (Å²) < 4.78 is 0. The van der Waals surface area contributed by atoms with Gasteiger partial charge in [-0.1, -0.05) is 0 Å². The van der Waals surface area contributed by atoms with Crippen LogP contribution in [0.1, 0.15) is 0 Å². The van der Waals surface area contributed by atoms with Crippen molar-refractivity contribution < 1.29 is 9.90 Å². The van der Waals surface area contributed by atoms with Gasteiger partial charge < -0.3 is 15.6 Å². The molecule has 0 aliphatic rings. The lowest BCUT2D eigenvalue weighted by atomic mass is 10.8. The van der Waals surface area contributed by atoms with Crippen molar-refractivity contribution in [3.8, 4) is 0 Å². The first-order valence-corrected chi connectivity index (χ1v) is 1.51. The summed E-state index contributed by atoms with van der Waals surface area (Å²) in [6, 6.07) is 0. The lowest BCUT2D eigenvalue weighted by Gasteiger charge is -1.71. The van der Waals surface area contributed by atoms with Gasteiger partial charge in [-0.2, -0.15) is 0 Å². The summed E-state index contributed by atoms with van der Waals surface area (Å²) in [4.78, 5) is 8.00. The molecule has 0 fully saturated rings. The van der Waals surface area contributed by atoms with E-state index in [1.807, 2.05) is 6.79 Å². The molecule has 0 spiro atoms. The number of carbonyl (C=O) groups excluding carboxylic acids is 1. The van der Waals surface area contributed by atoms with Crippen LogP contribution in [0.3, 0.4) is 0 Å². The Balaban J connectivity index is 0. The molecule has 3 nitrogen and oxygen atoms in total. The predicted octanol–water partition coefficient (Wildman–Crippen LogP) is -1.25. The SMILES string of the molecule is C=O.NCCO. The van der Waals surface area contributed by atoms with Crippen LogP contribution in [0.2, 0.25) is 0 Å². The summed E-state index contributed by atoms with van der Waals surface area (Å²) in [5.41, 5.74) is 4.78. The lowest BCUT2D eigenvalue weighted by molar-refractivity contribution is -0.0979. The predicted molar refractivity (Wildman–Crippen MR) is 23.3 cm³/mol. The van der Waals surface area contributed by atoms with E-state index in [1.165, 1.54) is 0 Å². The third-order valence-corrected chi connectivity index (χ3v) is 0.129. The second-order valence-corrected chi connectivity index (χ2v) is 0.512. The molecule has 0 radical (unpaired) electrons. The van der Waals surface area contributed by atoms with Gasteiger partial charge in [0.1, 0.15) is 6.79 Å². The zero-order valence-corrected chi connectivity index (χ0v) is 3.55. The largest absolute Gasteiger partial charge is 0.395 e. The molecule has 0 rings (SSSR count). The molecule has 6 heavy (non-hydrogen) atoms. The molecule has 38 valence electrons. The minimum Gasteiger partial charge on any atom is -0.395 e. The summed E-state index contributed by atoms with van der Waals surface area (Å²) >= 11 is 0. The average molecular weight is 91.1 g/mol. The molecule has 0 heterocycles. The second kappa shape index (κ2) is 23.4. The first kappa shape index (κ1) is 9.14. The van der Waals surface area contributed by atoms with Crippen molar-refractivity contribution in [2.24, 2.45) is 5.73 Å². The summed E-state index contributed by atoms with van der Waals surface area (Å²) in [7, 11) is 0. The van der Waals surface area contributed by atoms with Crippen LogP contribution in [0.15, 0.2) is 0 Å². The highest BCUT2D eigenvalue weighted by Gasteiger charge is 1.56. The normalized spacial score (nSPS) is 5.67. The smallest absolute Gasteiger partial charge is 0.106 e. The molecular weight excluding hydrogens is 82.0 g/mol. The fourth-order valence-corrected chi connectivity index (χ4v) is 0. The van der Waals surface area contributed by atoms with Crippen molar-refractivity contribution in [3.05, 3.63) is 0 Å². The zero-order chi connectivity index (χ0) is 5.41. The Morgan fingerprint density at radius 3 is 1.83 bits per heavy atom. The first-order chi connectivity index (χ1) is 2.91. The molecular formula is C3H9NO2. The number of carbonyl (C=O) groups is 1. The van der Waals surface area contributed by atoms with E-state index in [9.17, 15) is 0 Å². The van der Waals surface area contributed by atoms with Crippen LogP contribution in [-0.4, -0.2) is 25.0 Å². The fraction of sp³-hybridized carbons (Fsp3) is 0.667. The molecule has 3 N–H and O–H groups in total. The average Bonchev–Trinajstić information content (AvgIpc) is 1.72. The van der Waals surface area contributed by atoms with Gasteiger partial charge in [0.2, 0.25) is 0 Å². The van der Waals surface area contributed by atoms with Crippen molar-refractivity contribution in [1.82, 2.24) is 0 Å². The Morgan fingerprint density at radius 2 is 1.83 bits per heavy atom. The number of hydrogen-bond donors (Lipinski definition) is 2. The van der Waals surface area contributed by atoms with Gasteiger partial charge in [0.05, 0.1) is 6.61 Å². The second-order valence-electron chi connectivity index (χ2n) is 0.512. The van der Waals surface area contributed by atoms with E-state index in [2.05, 4.69) is 0 Å². The summed E-state index contributed by atoms with van der Waals surface area (Å²) in [6.45, 7) is 2.47. The van der Waals surface area contributed by atoms with E-state index < -0.39 is 0 Å². The van der Waals surface area contributed by atoms with Crippen LogP contribution in [0, 0.1) is 0 Å². The highest BCUT2D eigenvalue weighted by atomic mass is 16.3. The molecule has 0 aromatic heterocycles. The third kappa shape index (κ3) is 69.2. The molecule has 0 aliphatic heterocycles.